The molecule has 29 heavy (non-hydrogen) atoms. The first kappa shape index (κ1) is 20.3. The summed E-state index contributed by atoms with van der Waals surface area (Å²) < 4.78 is 7.05. The molecule has 1 amide bonds. The van der Waals surface area contributed by atoms with Crippen LogP contribution in [0.25, 0.3) is 11.1 Å². The van der Waals surface area contributed by atoms with Crippen LogP contribution in [0.1, 0.15) is 29.8 Å². The average Bonchev–Trinajstić information content (AvgIpc) is 3.20. The van der Waals surface area contributed by atoms with Crippen molar-refractivity contribution in [3.8, 4) is 11.1 Å². The van der Waals surface area contributed by atoms with Crippen LogP contribution in [0.2, 0.25) is 0 Å². The summed E-state index contributed by atoms with van der Waals surface area (Å²) in [4.78, 5) is 29.4. The molecule has 0 spiro atoms. The van der Waals surface area contributed by atoms with Crippen LogP contribution in [0.4, 0.5) is 0 Å². The summed E-state index contributed by atoms with van der Waals surface area (Å²) >= 11 is 0. The third-order valence-corrected chi connectivity index (χ3v) is 4.47. The molecule has 0 unspecified atom stereocenters. The first-order valence-electron chi connectivity index (χ1n) is 9.57. The van der Waals surface area contributed by atoms with E-state index in [1.807, 2.05) is 49.4 Å². The Bertz CT molecular complexity index is 966. The molecule has 0 aliphatic rings. The van der Waals surface area contributed by atoms with Crippen LogP contribution in [-0.4, -0.2) is 33.6 Å². The van der Waals surface area contributed by atoms with E-state index < -0.39 is 12.0 Å². The highest BCUT2D eigenvalue weighted by atomic mass is 16.5. The Morgan fingerprint density at radius 3 is 2.48 bits per heavy atom. The maximum Gasteiger partial charge on any atom is 0.330 e. The number of ether oxygens (including phenoxy) is 1. The van der Waals surface area contributed by atoms with Gasteiger partial charge in [0.2, 0.25) is 0 Å². The predicted molar refractivity (Wildman–Crippen MR) is 111 cm³/mol. The molecule has 0 radical (unpaired) electrons. The Hall–Kier alpha value is -3.41. The lowest BCUT2D eigenvalue weighted by atomic mass is 9.99. The minimum absolute atomic E-state index is 0.248. The number of carbonyl (C=O) groups is 2. The van der Waals surface area contributed by atoms with Crippen molar-refractivity contribution >= 4 is 11.9 Å². The zero-order chi connectivity index (χ0) is 20.8. The van der Waals surface area contributed by atoms with E-state index in [-0.39, 0.29) is 18.6 Å². The largest absolute Gasteiger partial charge is 0.461 e. The number of aromatic nitrogens is 2. The zero-order valence-electron chi connectivity index (χ0n) is 16.8. The van der Waals surface area contributed by atoms with E-state index in [1.165, 1.54) is 0 Å². The third kappa shape index (κ3) is 5.31. The lowest BCUT2D eigenvalue weighted by Crippen LogP contribution is -2.45. The van der Waals surface area contributed by atoms with E-state index in [0.717, 1.165) is 16.7 Å². The minimum atomic E-state index is -0.813. The molecule has 1 N–H and O–H groups in total. The van der Waals surface area contributed by atoms with Crippen molar-refractivity contribution in [2.24, 2.45) is 0 Å². The summed E-state index contributed by atoms with van der Waals surface area (Å²) in [7, 11) is 0. The fourth-order valence-corrected chi connectivity index (χ4v) is 3.06. The van der Waals surface area contributed by atoms with Gasteiger partial charge in [0, 0.05) is 18.0 Å². The summed E-state index contributed by atoms with van der Waals surface area (Å²) in [6, 6.07) is 14.8. The zero-order valence-corrected chi connectivity index (χ0v) is 16.8. The quantitative estimate of drug-likeness (QED) is 0.625. The molecule has 3 aromatic rings. The van der Waals surface area contributed by atoms with Crippen LogP contribution >= 0.6 is 0 Å². The van der Waals surface area contributed by atoms with Crippen molar-refractivity contribution in [3.05, 3.63) is 78.4 Å². The van der Waals surface area contributed by atoms with Gasteiger partial charge in [0.05, 0.1) is 19.0 Å². The fourth-order valence-electron chi connectivity index (χ4n) is 3.06. The molecule has 0 fully saturated rings. The summed E-state index contributed by atoms with van der Waals surface area (Å²) in [5.41, 5.74) is 3.48. The van der Waals surface area contributed by atoms with Gasteiger partial charge in [0.15, 0.2) is 0 Å². The van der Waals surface area contributed by atoms with Gasteiger partial charge in [-0.1, -0.05) is 42.5 Å². The summed E-state index contributed by atoms with van der Waals surface area (Å²) in [5, 5.41) is 2.81. The van der Waals surface area contributed by atoms with Crippen LogP contribution in [0.5, 0.6) is 0 Å². The molecule has 150 valence electrons. The second-order valence-corrected chi connectivity index (χ2v) is 7.17. The molecule has 1 heterocycles. The molecule has 1 aromatic heterocycles. The van der Waals surface area contributed by atoms with Crippen molar-refractivity contribution < 1.29 is 14.3 Å². The third-order valence-electron chi connectivity index (χ3n) is 4.47. The molecule has 0 saturated carbocycles. The predicted octanol–water partition coefficient (Wildman–Crippen LogP) is 3.61. The number of imidazole rings is 1. The SMILES string of the molecule is Cc1cc(-c2ccccc2)ccc1C(=O)N[C@@H](Cn1ccnc1)C(=O)OC(C)C. The van der Waals surface area contributed by atoms with E-state index in [2.05, 4.69) is 10.3 Å². The second kappa shape index (κ2) is 9.19. The normalized spacial score (nSPS) is 11.9. The van der Waals surface area contributed by atoms with Crippen molar-refractivity contribution in [1.82, 2.24) is 14.9 Å². The van der Waals surface area contributed by atoms with Crippen molar-refractivity contribution in [2.45, 2.75) is 39.5 Å². The molecule has 6 heteroatoms. The maximum absolute atomic E-state index is 12.9. The second-order valence-electron chi connectivity index (χ2n) is 7.17. The summed E-state index contributed by atoms with van der Waals surface area (Å²) in [6.45, 7) is 5.69. The molecule has 0 aliphatic heterocycles. The van der Waals surface area contributed by atoms with E-state index in [4.69, 9.17) is 4.74 Å². The van der Waals surface area contributed by atoms with Gasteiger partial charge in [0.1, 0.15) is 6.04 Å². The van der Waals surface area contributed by atoms with Gasteiger partial charge in [-0.3, -0.25) is 4.79 Å². The van der Waals surface area contributed by atoms with Crippen molar-refractivity contribution in [2.75, 3.05) is 0 Å². The van der Waals surface area contributed by atoms with Crippen molar-refractivity contribution in [1.29, 1.82) is 0 Å². The molecule has 3 rings (SSSR count). The lowest BCUT2D eigenvalue weighted by Gasteiger charge is -2.20. The van der Waals surface area contributed by atoms with E-state index in [0.29, 0.717) is 5.56 Å². The summed E-state index contributed by atoms with van der Waals surface area (Å²) in [5.74, 6) is -0.784. The Labute approximate surface area is 170 Å². The van der Waals surface area contributed by atoms with Gasteiger partial charge < -0.3 is 14.6 Å². The van der Waals surface area contributed by atoms with E-state index >= 15 is 0 Å². The van der Waals surface area contributed by atoms with Crippen LogP contribution in [0, 0.1) is 6.92 Å². The number of nitrogens with one attached hydrogen (secondary N) is 1. The number of esters is 1. The standard InChI is InChI=1S/C23H25N3O3/c1-16(2)29-23(28)21(14-26-12-11-24-15-26)25-22(27)20-10-9-19(13-17(20)3)18-7-5-4-6-8-18/h4-13,15-16,21H,14H2,1-3H3,(H,25,27)/t21-/m0/s1. The first-order chi connectivity index (χ1) is 13.9. The lowest BCUT2D eigenvalue weighted by molar-refractivity contribution is -0.150. The minimum Gasteiger partial charge on any atom is -0.461 e. The number of hydrogen-bond acceptors (Lipinski definition) is 4. The molecule has 2 aromatic carbocycles. The highest BCUT2D eigenvalue weighted by Gasteiger charge is 2.25. The molecule has 0 bridgehead atoms. The average molecular weight is 391 g/mol. The van der Waals surface area contributed by atoms with Gasteiger partial charge in [-0.2, -0.15) is 0 Å². The Balaban J connectivity index is 1.78. The molecule has 0 aliphatic carbocycles. The molecule has 1 atom stereocenters. The topological polar surface area (TPSA) is 73.2 Å². The van der Waals surface area contributed by atoms with Crippen LogP contribution in [-0.2, 0) is 16.1 Å². The number of nitrogens with zero attached hydrogens (tertiary/aromatic N) is 2. The van der Waals surface area contributed by atoms with E-state index in [1.54, 1.807) is 43.2 Å². The highest BCUT2D eigenvalue weighted by molar-refractivity contribution is 5.98. The van der Waals surface area contributed by atoms with Crippen molar-refractivity contribution in [3.63, 3.8) is 0 Å². The Morgan fingerprint density at radius 2 is 1.86 bits per heavy atom. The number of carbonyl (C=O) groups excluding carboxylic acids is 2. The molecule has 6 nitrogen and oxygen atoms in total. The molecular formula is C23H25N3O3. The van der Waals surface area contributed by atoms with Crippen LogP contribution in [0.3, 0.4) is 0 Å². The summed E-state index contributed by atoms with van der Waals surface area (Å²) in [6.07, 6.45) is 4.69. The molecular weight excluding hydrogens is 366 g/mol. The number of hydrogen-bond donors (Lipinski definition) is 1. The fraction of sp³-hybridized carbons (Fsp3) is 0.261. The number of benzene rings is 2. The highest BCUT2D eigenvalue weighted by Crippen LogP contribution is 2.22. The Morgan fingerprint density at radius 1 is 1.10 bits per heavy atom. The smallest absolute Gasteiger partial charge is 0.330 e. The van der Waals surface area contributed by atoms with Gasteiger partial charge in [-0.25, -0.2) is 9.78 Å². The first-order valence-corrected chi connectivity index (χ1v) is 9.57. The Kier molecular flexibility index (Phi) is 6.44. The van der Waals surface area contributed by atoms with Gasteiger partial charge in [-0.05, 0) is 43.5 Å². The number of aryl methyl sites for hydroxylation is 1. The van der Waals surface area contributed by atoms with Gasteiger partial charge in [0.25, 0.3) is 5.91 Å². The van der Waals surface area contributed by atoms with Crippen LogP contribution in [0.15, 0.2) is 67.3 Å². The number of rotatable bonds is 7. The van der Waals surface area contributed by atoms with E-state index in [9.17, 15) is 9.59 Å². The molecule has 0 saturated heterocycles. The monoisotopic (exact) mass is 391 g/mol. The maximum atomic E-state index is 12.9. The number of amides is 1. The van der Waals surface area contributed by atoms with Gasteiger partial charge in [-0.15, -0.1) is 0 Å². The van der Waals surface area contributed by atoms with Gasteiger partial charge >= 0.3 is 5.97 Å². The van der Waals surface area contributed by atoms with Crippen LogP contribution < -0.4 is 5.32 Å².